The number of likely N-dealkylation sites (tertiary alicyclic amines) is 1. The molecule has 4 nitrogen and oxygen atoms in total. The van der Waals surface area contributed by atoms with Gasteiger partial charge in [-0.1, -0.05) is 40.5 Å². The Morgan fingerprint density at radius 1 is 1.09 bits per heavy atom. The van der Waals surface area contributed by atoms with Gasteiger partial charge in [-0.2, -0.15) is 0 Å². The number of aliphatic hydroxyl groups is 1. The molecule has 0 radical (unpaired) electrons. The fourth-order valence-corrected chi connectivity index (χ4v) is 3.11. The van der Waals surface area contributed by atoms with Gasteiger partial charge >= 0.3 is 0 Å². The van der Waals surface area contributed by atoms with Crippen LogP contribution >= 0.6 is 0 Å². The lowest BCUT2D eigenvalue weighted by molar-refractivity contribution is -0.138. The van der Waals surface area contributed by atoms with Crippen molar-refractivity contribution >= 4 is 12.2 Å². The second-order valence-corrected chi connectivity index (χ2v) is 6.39. The number of aldehydes is 1. The van der Waals surface area contributed by atoms with E-state index in [-0.39, 0.29) is 23.8 Å². The maximum Gasteiger partial charge on any atom is 0.225 e. The van der Waals surface area contributed by atoms with Gasteiger partial charge in [0.1, 0.15) is 6.29 Å². The number of carbonyl (C=O) groups is 2. The highest BCUT2D eigenvalue weighted by Crippen LogP contribution is 2.26. The summed E-state index contributed by atoms with van der Waals surface area (Å²) in [4.78, 5) is 25.1. The summed E-state index contributed by atoms with van der Waals surface area (Å²) in [6.45, 7) is 9.64. The van der Waals surface area contributed by atoms with E-state index in [2.05, 4.69) is 13.8 Å². The first-order valence-corrected chi connectivity index (χ1v) is 9.54. The highest BCUT2D eigenvalue weighted by Gasteiger charge is 2.30. The summed E-state index contributed by atoms with van der Waals surface area (Å²) in [5.74, 6) is 0.294. The van der Waals surface area contributed by atoms with E-state index in [0.717, 1.165) is 57.8 Å². The molecule has 4 heteroatoms. The molecule has 2 fully saturated rings. The van der Waals surface area contributed by atoms with Gasteiger partial charge in [-0.25, -0.2) is 0 Å². The summed E-state index contributed by atoms with van der Waals surface area (Å²) in [7, 11) is 0. The van der Waals surface area contributed by atoms with Crippen molar-refractivity contribution in [2.24, 2.45) is 11.8 Å². The first kappa shape index (κ1) is 22.1. The Labute approximate surface area is 142 Å². The minimum atomic E-state index is -0.230. The number of nitrogens with zero attached hydrogens (tertiary/aromatic N) is 1. The third-order valence-electron chi connectivity index (χ3n) is 4.25. The van der Waals surface area contributed by atoms with Gasteiger partial charge in [0.25, 0.3) is 0 Å². The quantitative estimate of drug-likeness (QED) is 0.620. The summed E-state index contributed by atoms with van der Waals surface area (Å²) < 4.78 is 0. The molecule has 3 atom stereocenters. The van der Waals surface area contributed by atoms with E-state index in [1.54, 1.807) is 0 Å². The minimum absolute atomic E-state index is 0.0269. The Morgan fingerprint density at radius 2 is 1.74 bits per heavy atom. The molecular weight excluding hydrogens is 290 g/mol. The van der Waals surface area contributed by atoms with E-state index in [0.29, 0.717) is 6.54 Å². The van der Waals surface area contributed by atoms with Gasteiger partial charge in [0.15, 0.2) is 0 Å². The van der Waals surface area contributed by atoms with Crippen LogP contribution < -0.4 is 0 Å². The lowest BCUT2D eigenvalue weighted by Gasteiger charge is -2.32. The second-order valence-electron chi connectivity index (χ2n) is 6.39. The van der Waals surface area contributed by atoms with Crippen LogP contribution in [0.4, 0.5) is 0 Å². The van der Waals surface area contributed by atoms with E-state index in [1.807, 2.05) is 18.7 Å². The number of rotatable bonds is 2. The Balaban J connectivity index is 0.000000868. The average Bonchev–Trinajstić information content (AvgIpc) is 2.81. The van der Waals surface area contributed by atoms with Crippen LogP contribution in [0.3, 0.4) is 0 Å². The molecule has 136 valence electrons. The average molecular weight is 328 g/mol. The van der Waals surface area contributed by atoms with Gasteiger partial charge in [-0.05, 0) is 38.5 Å². The van der Waals surface area contributed by atoms with Crippen molar-refractivity contribution in [3.63, 3.8) is 0 Å². The topological polar surface area (TPSA) is 57.6 Å². The lowest BCUT2D eigenvalue weighted by Crippen LogP contribution is -2.43. The summed E-state index contributed by atoms with van der Waals surface area (Å²) in [5.41, 5.74) is 0. The summed E-state index contributed by atoms with van der Waals surface area (Å²) in [6, 6.07) is 0. The third kappa shape index (κ3) is 8.50. The summed E-state index contributed by atoms with van der Waals surface area (Å²) >= 11 is 0. The second kappa shape index (κ2) is 13.5. The molecule has 1 saturated carbocycles. The molecule has 1 heterocycles. The molecule has 0 aromatic heterocycles. The number of aliphatic hydroxyl groups excluding tert-OH is 1. The molecule has 23 heavy (non-hydrogen) atoms. The van der Waals surface area contributed by atoms with E-state index in [9.17, 15) is 14.7 Å². The number of hydrogen-bond donors (Lipinski definition) is 1. The Morgan fingerprint density at radius 3 is 2.35 bits per heavy atom. The third-order valence-corrected chi connectivity index (χ3v) is 4.25. The van der Waals surface area contributed by atoms with Crippen molar-refractivity contribution in [1.29, 1.82) is 0 Å². The van der Waals surface area contributed by atoms with Crippen LogP contribution in [0.1, 0.15) is 79.1 Å². The van der Waals surface area contributed by atoms with Crippen LogP contribution in [0.2, 0.25) is 0 Å². The first-order valence-electron chi connectivity index (χ1n) is 9.54. The lowest BCUT2D eigenvalue weighted by atomic mass is 9.94. The molecule has 2 rings (SSSR count). The van der Waals surface area contributed by atoms with Crippen LogP contribution in [0, 0.1) is 11.8 Å². The number of piperidine rings is 1. The molecule has 1 aliphatic carbocycles. The van der Waals surface area contributed by atoms with Crippen LogP contribution in [0.5, 0.6) is 0 Å². The molecule has 0 bridgehead atoms. The zero-order chi connectivity index (χ0) is 17.7. The van der Waals surface area contributed by atoms with Gasteiger partial charge in [-0.3, -0.25) is 4.79 Å². The normalized spacial score (nSPS) is 27.5. The first-order chi connectivity index (χ1) is 11.1. The molecule has 0 spiro atoms. The van der Waals surface area contributed by atoms with E-state index < -0.39 is 0 Å². The fourth-order valence-electron chi connectivity index (χ4n) is 3.11. The van der Waals surface area contributed by atoms with Crippen molar-refractivity contribution in [3.8, 4) is 0 Å². The molecular formula is C19H37NO3. The fraction of sp³-hybridized carbons (Fsp3) is 0.895. The highest BCUT2D eigenvalue weighted by atomic mass is 16.3. The molecule has 1 N–H and O–H groups in total. The predicted octanol–water partition coefficient (Wildman–Crippen LogP) is 3.81. The van der Waals surface area contributed by atoms with Gasteiger partial charge in [0.2, 0.25) is 5.91 Å². The van der Waals surface area contributed by atoms with Crippen molar-refractivity contribution < 1.29 is 14.7 Å². The molecule has 1 aliphatic heterocycles. The van der Waals surface area contributed by atoms with Crippen LogP contribution in [0.15, 0.2) is 0 Å². The van der Waals surface area contributed by atoms with Crippen LogP contribution in [-0.4, -0.2) is 41.4 Å². The van der Waals surface area contributed by atoms with E-state index >= 15 is 0 Å². The maximum absolute atomic E-state index is 12.4. The van der Waals surface area contributed by atoms with Crippen molar-refractivity contribution in [2.45, 2.75) is 85.2 Å². The van der Waals surface area contributed by atoms with E-state index in [1.165, 1.54) is 6.42 Å². The highest BCUT2D eigenvalue weighted by molar-refractivity contribution is 5.79. The van der Waals surface area contributed by atoms with Gasteiger partial charge in [-0.15, -0.1) is 0 Å². The maximum atomic E-state index is 12.4. The zero-order valence-electron chi connectivity index (χ0n) is 15.6. The number of amides is 1. The molecule has 1 amide bonds. The smallest absolute Gasteiger partial charge is 0.225 e. The van der Waals surface area contributed by atoms with Gasteiger partial charge < -0.3 is 14.8 Å². The standard InChI is InChI=1S/C14H23NO3.C3H8.C2H6/c16-10-11-3-2-8-15(9-11)14(18)12-4-1-5-13(17)7-6-12;1-3-2;1-2/h10-13,17H,1-9H2;3H2,1-2H3;1-2H3. The summed E-state index contributed by atoms with van der Waals surface area (Å²) in [5, 5.41) is 9.61. The Kier molecular flexibility index (Phi) is 13.0. The predicted molar refractivity (Wildman–Crippen MR) is 95.3 cm³/mol. The Hall–Kier alpha value is -0.900. The molecule has 3 unspecified atom stereocenters. The van der Waals surface area contributed by atoms with Gasteiger partial charge in [0, 0.05) is 24.9 Å². The molecule has 2 aliphatic rings. The zero-order valence-corrected chi connectivity index (χ0v) is 15.6. The molecule has 1 saturated heterocycles. The van der Waals surface area contributed by atoms with Crippen LogP contribution in [-0.2, 0) is 9.59 Å². The van der Waals surface area contributed by atoms with Crippen molar-refractivity contribution in [3.05, 3.63) is 0 Å². The monoisotopic (exact) mass is 327 g/mol. The van der Waals surface area contributed by atoms with Crippen molar-refractivity contribution in [2.75, 3.05) is 13.1 Å². The summed E-state index contributed by atoms with van der Waals surface area (Å²) in [6.07, 6.45) is 8.02. The SMILES string of the molecule is CC.CCC.O=CC1CCCN(C(=O)C2CCCC(O)CC2)C1. The largest absolute Gasteiger partial charge is 0.393 e. The van der Waals surface area contributed by atoms with Gasteiger partial charge in [0.05, 0.1) is 6.10 Å². The Bertz CT molecular complexity index is 320. The number of hydrogen-bond acceptors (Lipinski definition) is 3. The van der Waals surface area contributed by atoms with E-state index in [4.69, 9.17) is 0 Å². The van der Waals surface area contributed by atoms with Crippen molar-refractivity contribution in [1.82, 2.24) is 4.90 Å². The molecule has 0 aromatic rings. The minimum Gasteiger partial charge on any atom is -0.393 e. The molecule has 0 aromatic carbocycles. The van der Waals surface area contributed by atoms with Crippen LogP contribution in [0.25, 0.3) is 0 Å². The number of carbonyl (C=O) groups excluding carboxylic acids is 2.